The van der Waals surface area contributed by atoms with Crippen molar-refractivity contribution in [3.8, 4) is 0 Å². The van der Waals surface area contributed by atoms with E-state index in [2.05, 4.69) is 29.3 Å². The summed E-state index contributed by atoms with van der Waals surface area (Å²) in [5, 5.41) is 7.85. The number of hydrogen-bond acceptors (Lipinski definition) is 6. The Morgan fingerprint density at radius 2 is 2.22 bits per heavy atom. The van der Waals surface area contributed by atoms with E-state index in [1.165, 1.54) is 9.75 Å². The lowest BCUT2D eigenvalue weighted by Crippen LogP contribution is -2.43. The molecule has 0 aromatic carbocycles. The third-order valence-corrected chi connectivity index (χ3v) is 5.56. The van der Waals surface area contributed by atoms with Crippen LogP contribution in [0.4, 0.5) is 0 Å². The van der Waals surface area contributed by atoms with Crippen molar-refractivity contribution in [1.82, 2.24) is 15.1 Å². The van der Waals surface area contributed by atoms with Gasteiger partial charge in [0.05, 0.1) is 13.2 Å². The van der Waals surface area contributed by atoms with Crippen LogP contribution in [-0.2, 0) is 9.53 Å². The summed E-state index contributed by atoms with van der Waals surface area (Å²) in [6, 6.07) is 4.28. The van der Waals surface area contributed by atoms with Crippen molar-refractivity contribution < 1.29 is 13.9 Å². The number of nitrogens with zero attached hydrogens (tertiary/aromatic N) is 3. The summed E-state index contributed by atoms with van der Waals surface area (Å²) >= 11 is 1.80. The molecule has 7 heteroatoms. The molecule has 23 heavy (non-hydrogen) atoms. The maximum Gasteiger partial charge on any atom is 0.246 e. The number of aryl methyl sites for hydroxylation is 2. The van der Waals surface area contributed by atoms with E-state index in [1.807, 2.05) is 4.90 Å². The highest BCUT2D eigenvalue weighted by molar-refractivity contribution is 7.12. The number of carbonyl (C=O) groups is 1. The summed E-state index contributed by atoms with van der Waals surface area (Å²) in [6.07, 6.45) is 0.649. The summed E-state index contributed by atoms with van der Waals surface area (Å²) in [6.45, 7) is 5.49. The summed E-state index contributed by atoms with van der Waals surface area (Å²) in [5.74, 6) is 1.72. The molecule has 1 saturated heterocycles. The van der Waals surface area contributed by atoms with Gasteiger partial charge in [-0.3, -0.25) is 4.79 Å². The molecule has 0 radical (unpaired) electrons. The smallest absolute Gasteiger partial charge is 0.246 e. The average Bonchev–Trinajstić information content (AvgIpc) is 3.04. The normalized spacial score (nSPS) is 27.2. The first-order valence-electron chi connectivity index (χ1n) is 7.88. The van der Waals surface area contributed by atoms with Gasteiger partial charge in [-0.25, -0.2) is 0 Å². The molecule has 2 aliphatic rings. The summed E-state index contributed by atoms with van der Waals surface area (Å²) in [5.41, 5.74) is 0. The number of thiophene rings is 1. The standard InChI is InChI=1S/C16H19N3O3S/c1-9-3-4-14(23-9)11-7-12(11)16(20)19-5-6-21-13(8-19)15-18-17-10(2)22-15/h3-4,11-13H,5-8H2,1-2H3/t11-,12-,13-/m0/s1. The molecule has 0 unspecified atom stereocenters. The van der Waals surface area contributed by atoms with E-state index in [0.29, 0.717) is 37.4 Å². The Morgan fingerprint density at radius 1 is 1.35 bits per heavy atom. The molecule has 2 aromatic heterocycles. The van der Waals surface area contributed by atoms with Crippen LogP contribution in [0.3, 0.4) is 0 Å². The van der Waals surface area contributed by atoms with Gasteiger partial charge >= 0.3 is 0 Å². The molecule has 4 rings (SSSR count). The second-order valence-electron chi connectivity index (χ2n) is 6.20. The van der Waals surface area contributed by atoms with Crippen molar-refractivity contribution in [2.24, 2.45) is 5.92 Å². The van der Waals surface area contributed by atoms with Crippen molar-refractivity contribution in [3.63, 3.8) is 0 Å². The predicted octanol–water partition coefficient (Wildman–Crippen LogP) is 2.45. The van der Waals surface area contributed by atoms with E-state index in [4.69, 9.17) is 9.15 Å². The molecule has 6 nitrogen and oxygen atoms in total. The van der Waals surface area contributed by atoms with Crippen LogP contribution >= 0.6 is 11.3 Å². The van der Waals surface area contributed by atoms with Gasteiger partial charge in [-0.05, 0) is 25.5 Å². The molecule has 0 N–H and O–H groups in total. The largest absolute Gasteiger partial charge is 0.423 e. The fraction of sp³-hybridized carbons (Fsp3) is 0.562. The van der Waals surface area contributed by atoms with Gasteiger partial charge in [0.1, 0.15) is 0 Å². The van der Waals surface area contributed by atoms with Gasteiger partial charge in [0.25, 0.3) is 0 Å². The molecule has 122 valence electrons. The van der Waals surface area contributed by atoms with E-state index in [1.54, 1.807) is 18.3 Å². The average molecular weight is 333 g/mol. The first-order chi connectivity index (χ1) is 11.1. The number of carbonyl (C=O) groups excluding carboxylic acids is 1. The van der Waals surface area contributed by atoms with Gasteiger partial charge in [-0.15, -0.1) is 21.5 Å². The Hall–Kier alpha value is -1.73. The van der Waals surface area contributed by atoms with Crippen LogP contribution in [0.1, 0.15) is 40.0 Å². The van der Waals surface area contributed by atoms with Crippen LogP contribution in [0.15, 0.2) is 16.5 Å². The minimum Gasteiger partial charge on any atom is -0.423 e. The zero-order chi connectivity index (χ0) is 16.0. The Kier molecular flexibility index (Phi) is 3.69. The lowest BCUT2D eigenvalue weighted by Gasteiger charge is -2.31. The molecule has 1 aliphatic heterocycles. The molecule has 3 heterocycles. The lowest BCUT2D eigenvalue weighted by atomic mass is 10.2. The second kappa shape index (κ2) is 5.72. The minimum absolute atomic E-state index is 0.122. The molecule has 1 aliphatic carbocycles. The Bertz CT molecular complexity index is 726. The van der Waals surface area contributed by atoms with E-state index in [0.717, 1.165) is 6.42 Å². The molecule has 2 aromatic rings. The van der Waals surface area contributed by atoms with Gasteiger partial charge in [-0.2, -0.15) is 0 Å². The first kappa shape index (κ1) is 14.8. The highest BCUT2D eigenvalue weighted by Gasteiger charge is 2.47. The van der Waals surface area contributed by atoms with E-state index in [-0.39, 0.29) is 17.9 Å². The third kappa shape index (κ3) is 2.90. The molecule has 1 saturated carbocycles. The van der Waals surface area contributed by atoms with E-state index < -0.39 is 0 Å². The van der Waals surface area contributed by atoms with E-state index >= 15 is 0 Å². The topological polar surface area (TPSA) is 68.5 Å². The number of amides is 1. The molecule has 3 atom stereocenters. The predicted molar refractivity (Wildman–Crippen MR) is 84.2 cm³/mol. The van der Waals surface area contributed by atoms with Crippen LogP contribution in [0.25, 0.3) is 0 Å². The summed E-state index contributed by atoms with van der Waals surface area (Å²) < 4.78 is 11.1. The molecular weight excluding hydrogens is 314 g/mol. The van der Waals surface area contributed by atoms with Crippen LogP contribution in [-0.4, -0.2) is 40.7 Å². The lowest BCUT2D eigenvalue weighted by molar-refractivity contribution is -0.141. The highest BCUT2D eigenvalue weighted by atomic mass is 32.1. The minimum atomic E-state index is -0.310. The first-order valence-corrected chi connectivity index (χ1v) is 8.70. The maximum absolute atomic E-state index is 12.7. The van der Waals surface area contributed by atoms with Crippen LogP contribution in [0.2, 0.25) is 0 Å². The van der Waals surface area contributed by atoms with Gasteiger partial charge < -0.3 is 14.1 Å². The SMILES string of the molecule is Cc1nnc([C@@H]2CN(C(=O)[C@H]3C[C@@H]3c3ccc(C)s3)CCO2)o1. The monoisotopic (exact) mass is 333 g/mol. The fourth-order valence-corrected chi connectivity index (χ4v) is 4.17. The zero-order valence-corrected chi connectivity index (χ0v) is 14.0. The Balaban J connectivity index is 1.41. The Morgan fingerprint density at radius 3 is 2.91 bits per heavy atom. The summed E-state index contributed by atoms with van der Waals surface area (Å²) in [7, 11) is 0. The van der Waals surface area contributed by atoms with Crippen molar-refractivity contribution in [2.75, 3.05) is 19.7 Å². The number of morpholine rings is 1. The number of aromatic nitrogens is 2. The zero-order valence-electron chi connectivity index (χ0n) is 13.2. The van der Waals surface area contributed by atoms with Crippen molar-refractivity contribution in [2.45, 2.75) is 32.3 Å². The van der Waals surface area contributed by atoms with Gasteiger partial charge in [0.15, 0.2) is 6.10 Å². The van der Waals surface area contributed by atoms with Crippen LogP contribution in [0, 0.1) is 19.8 Å². The van der Waals surface area contributed by atoms with Crippen molar-refractivity contribution in [1.29, 1.82) is 0 Å². The maximum atomic E-state index is 12.7. The van der Waals surface area contributed by atoms with Crippen LogP contribution < -0.4 is 0 Å². The van der Waals surface area contributed by atoms with Gasteiger partial charge in [0, 0.05) is 35.1 Å². The van der Waals surface area contributed by atoms with Crippen molar-refractivity contribution >= 4 is 17.2 Å². The van der Waals surface area contributed by atoms with Gasteiger partial charge in [-0.1, -0.05) is 0 Å². The number of hydrogen-bond donors (Lipinski definition) is 0. The number of ether oxygens (including phenoxy) is 1. The van der Waals surface area contributed by atoms with Gasteiger partial charge in [0.2, 0.25) is 17.7 Å². The van der Waals surface area contributed by atoms with Crippen LogP contribution in [0.5, 0.6) is 0 Å². The van der Waals surface area contributed by atoms with Crippen molar-refractivity contribution in [3.05, 3.63) is 33.7 Å². The molecule has 0 bridgehead atoms. The fourth-order valence-electron chi connectivity index (χ4n) is 3.11. The highest BCUT2D eigenvalue weighted by Crippen LogP contribution is 2.50. The second-order valence-corrected chi connectivity index (χ2v) is 7.52. The molecule has 0 spiro atoms. The molecule has 1 amide bonds. The van der Waals surface area contributed by atoms with E-state index in [9.17, 15) is 4.79 Å². The quantitative estimate of drug-likeness (QED) is 0.863. The summed E-state index contributed by atoms with van der Waals surface area (Å²) in [4.78, 5) is 17.3. The Labute approximate surface area is 138 Å². The molecule has 2 fully saturated rings. The third-order valence-electron chi connectivity index (χ3n) is 4.43. The number of rotatable bonds is 3. The molecular formula is C16H19N3O3S.